The third-order valence-corrected chi connectivity index (χ3v) is 3.46. The van der Waals surface area contributed by atoms with Crippen LogP contribution in [0.4, 0.5) is 0 Å². The number of aromatic hydroxyl groups is 1. The standard InChI is InChI=1S/C18H20O6/c1-2-3-4-5-13(19)8-9-17(21)23-16-10-12-6-7-14(20)11-15(12)24-18(16)22/h6-11,13,19-20H,2-5H2,1H3. The number of aliphatic hydroxyl groups excluding tert-OH is 1. The van der Waals surface area contributed by atoms with E-state index in [0.29, 0.717) is 11.8 Å². The lowest BCUT2D eigenvalue weighted by Crippen LogP contribution is -2.13. The molecule has 1 aromatic heterocycles. The normalized spacial score (nSPS) is 12.6. The molecular formula is C18H20O6. The fourth-order valence-corrected chi connectivity index (χ4v) is 2.18. The molecule has 0 saturated carbocycles. The molecule has 0 amide bonds. The molecule has 0 saturated heterocycles. The highest BCUT2D eigenvalue weighted by Gasteiger charge is 2.10. The van der Waals surface area contributed by atoms with Gasteiger partial charge in [0.25, 0.3) is 0 Å². The summed E-state index contributed by atoms with van der Waals surface area (Å²) in [6.45, 7) is 2.07. The number of rotatable bonds is 7. The molecule has 0 bridgehead atoms. The first kappa shape index (κ1) is 17.7. The summed E-state index contributed by atoms with van der Waals surface area (Å²) in [4.78, 5) is 23.5. The molecule has 0 fully saturated rings. The van der Waals surface area contributed by atoms with Gasteiger partial charge in [-0.15, -0.1) is 0 Å². The summed E-state index contributed by atoms with van der Waals surface area (Å²) in [7, 11) is 0. The van der Waals surface area contributed by atoms with Crippen molar-refractivity contribution in [1.82, 2.24) is 0 Å². The van der Waals surface area contributed by atoms with E-state index in [1.165, 1.54) is 30.3 Å². The number of hydrogen-bond acceptors (Lipinski definition) is 6. The van der Waals surface area contributed by atoms with E-state index >= 15 is 0 Å². The van der Waals surface area contributed by atoms with Crippen LogP contribution in [-0.2, 0) is 4.79 Å². The van der Waals surface area contributed by atoms with Gasteiger partial charge in [-0.1, -0.05) is 26.2 Å². The molecule has 1 heterocycles. The highest BCUT2D eigenvalue weighted by atomic mass is 16.5. The Morgan fingerprint density at radius 1 is 1.33 bits per heavy atom. The molecule has 1 unspecified atom stereocenters. The van der Waals surface area contributed by atoms with Crippen LogP contribution in [0.2, 0.25) is 0 Å². The molecule has 1 atom stereocenters. The third-order valence-electron chi connectivity index (χ3n) is 3.46. The predicted octanol–water partition coefficient (Wildman–Crippen LogP) is 2.90. The molecule has 2 aromatic rings. The predicted molar refractivity (Wildman–Crippen MR) is 89.1 cm³/mol. The van der Waals surface area contributed by atoms with E-state index in [0.717, 1.165) is 25.3 Å². The zero-order valence-electron chi connectivity index (χ0n) is 13.4. The van der Waals surface area contributed by atoms with Gasteiger partial charge in [0.05, 0.1) is 6.10 Å². The minimum Gasteiger partial charge on any atom is -0.508 e. The van der Waals surface area contributed by atoms with Crippen LogP contribution in [0, 0.1) is 0 Å². The minimum atomic E-state index is -0.821. The van der Waals surface area contributed by atoms with Crippen LogP contribution >= 0.6 is 0 Å². The van der Waals surface area contributed by atoms with Gasteiger partial charge < -0.3 is 19.4 Å². The van der Waals surface area contributed by atoms with Crippen molar-refractivity contribution in [3.05, 3.63) is 46.8 Å². The van der Waals surface area contributed by atoms with Gasteiger partial charge in [0.15, 0.2) is 0 Å². The summed E-state index contributed by atoms with van der Waals surface area (Å²) in [6.07, 6.45) is 5.23. The largest absolute Gasteiger partial charge is 0.508 e. The monoisotopic (exact) mass is 332 g/mol. The van der Waals surface area contributed by atoms with Crippen molar-refractivity contribution < 1.29 is 24.2 Å². The number of esters is 1. The quantitative estimate of drug-likeness (QED) is 0.350. The number of fused-ring (bicyclic) bond motifs is 1. The van der Waals surface area contributed by atoms with Crippen LogP contribution in [0.3, 0.4) is 0 Å². The van der Waals surface area contributed by atoms with Gasteiger partial charge in [0, 0.05) is 17.5 Å². The summed E-state index contributed by atoms with van der Waals surface area (Å²) in [5, 5.41) is 19.6. The van der Waals surface area contributed by atoms with E-state index in [1.54, 1.807) is 0 Å². The smallest absolute Gasteiger partial charge is 0.379 e. The molecule has 24 heavy (non-hydrogen) atoms. The summed E-state index contributed by atoms with van der Waals surface area (Å²) >= 11 is 0. The van der Waals surface area contributed by atoms with E-state index in [9.17, 15) is 19.8 Å². The number of hydrogen-bond donors (Lipinski definition) is 2. The van der Waals surface area contributed by atoms with E-state index in [1.807, 2.05) is 0 Å². The SMILES string of the molecule is CCCCCC(O)C=CC(=O)Oc1cc2ccc(O)cc2oc1=O. The Morgan fingerprint density at radius 3 is 2.88 bits per heavy atom. The van der Waals surface area contributed by atoms with Crippen molar-refractivity contribution in [2.45, 2.75) is 38.7 Å². The van der Waals surface area contributed by atoms with Crippen LogP contribution in [0.1, 0.15) is 32.6 Å². The number of carbonyl (C=O) groups excluding carboxylic acids is 1. The van der Waals surface area contributed by atoms with E-state index in [4.69, 9.17) is 9.15 Å². The molecular weight excluding hydrogens is 312 g/mol. The maximum absolute atomic E-state index is 11.8. The van der Waals surface area contributed by atoms with Crippen LogP contribution in [0.25, 0.3) is 11.0 Å². The lowest BCUT2D eigenvalue weighted by Gasteiger charge is -2.05. The van der Waals surface area contributed by atoms with Gasteiger partial charge in [-0.3, -0.25) is 0 Å². The molecule has 2 N–H and O–H groups in total. The van der Waals surface area contributed by atoms with Crippen LogP contribution in [0.15, 0.2) is 45.6 Å². The zero-order chi connectivity index (χ0) is 17.5. The van der Waals surface area contributed by atoms with E-state index < -0.39 is 17.7 Å². The Bertz CT molecular complexity index is 790. The fraction of sp³-hybridized carbons (Fsp3) is 0.333. The fourth-order valence-electron chi connectivity index (χ4n) is 2.18. The molecule has 6 nitrogen and oxygen atoms in total. The summed E-state index contributed by atoms with van der Waals surface area (Å²) in [6, 6.07) is 5.64. The number of phenolic OH excluding ortho intramolecular Hbond substituents is 1. The second kappa shape index (κ2) is 8.31. The van der Waals surface area contributed by atoms with Crippen molar-refractivity contribution in [3.63, 3.8) is 0 Å². The van der Waals surface area contributed by atoms with E-state index in [-0.39, 0.29) is 17.1 Å². The highest BCUT2D eigenvalue weighted by Crippen LogP contribution is 2.21. The number of unbranched alkanes of at least 4 members (excludes halogenated alkanes) is 2. The maximum Gasteiger partial charge on any atom is 0.379 e. The van der Waals surface area contributed by atoms with Crippen molar-refractivity contribution in [2.24, 2.45) is 0 Å². The molecule has 0 aliphatic carbocycles. The molecule has 128 valence electrons. The average Bonchev–Trinajstić information content (AvgIpc) is 2.54. The molecule has 0 spiro atoms. The summed E-state index contributed by atoms with van der Waals surface area (Å²) < 4.78 is 9.95. The molecule has 0 aliphatic heterocycles. The average molecular weight is 332 g/mol. The van der Waals surface area contributed by atoms with Crippen molar-refractivity contribution in [2.75, 3.05) is 0 Å². The molecule has 6 heteroatoms. The summed E-state index contributed by atoms with van der Waals surface area (Å²) in [5.74, 6) is -1.05. The third kappa shape index (κ3) is 4.96. The van der Waals surface area contributed by atoms with Crippen LogP contribution in [0.5, 0.6) is 11.5 Å². The van der Waals surface area contributed by atoms with Crippen molar-refractivity contribution in [1.29, 1.82) is 0 Å². The lowest BCUT2D eigenvalue weighted by molar-refractivity contribution is -0.129. The second-order valence-corrected chi connectivity index (χ2v) is 5.46. The number of phenols is 1. The first-order valence-corrected chi connectivity index (χ1v) is 7.84. The number of ether oxygens (including phenoxy) is 1. The topological polar surface area (TPSA) is 97.0 Å². The Balaban J connectivity index is 2.03. The summed E-state index contributed by atoms with van der Waals surface area (Å²) in [5.41, 5.74) is -0.625. The maximum atomic E-state index is 11.8. The molecule has 0 radical (unpaired) electrons. The van der Waals surface area contributed by atoms with Gasteiger partial charge in [0.1, 0.15) is 11.3 Å². The molecule has 2 rings (SSSR count). The second-order valence-electron chi connectivity index (χ2n) is 5.46. The number of aliphatic hydroxyl groups is 1. The van der Waals surface area contributed by atoms with Gasteiger partial charge in [-0.2, -0.15) is 0 Å². The first-order chi connectivity index (χ1) is 11.5. The van der Waals surface area contributed by atoms with Crippen molar-refractivity contribution >= 4 is 16.9 Å². The Labute approximate surface area is 139 Å². The Kier molecular flexibility index (Phi) is 6.14. The van der Waals surface area contributed by atoms with Crippen LogP contribution in [-0.4, -0.2) is 22.3 Å². The first-order valence-electron chi connectivity index (χ1n) is 7.84. The van der Waals surface area contributed by atoms with Crippen LogP contribution < -0.4 is 10.4 Å². The minimum absolute atomic E-state index is 0.0320. The number of carbonyl (C=O) groups is 1. The van der Waals surface area contributed by atoms with Crippen molar-refractivity contribution in [3.8, 4) is 11.5 Å². The number of benzene rings is 1. The van der Waals surface area contributed by atoms with Gasteiger partial charge in [-0.05, 0) is 30.7 Å². The lowest BCUT2D eigenvalue weighted by atomic mass is 10.1. The zero-order valence-corrected chi connectivity index (χ0v) is 13.4. The Hall–Kier alpha value is -2.60. The van der Waals surface area contributed by atoms with Gasteiger partial charge >= 0.3 is 11.6 Å². The Morgan fingerprint density at radius 2 is 2.12 bits per heavy atom. The van der Waals surface area contributed by atoms with Gasteiger partial charge in [0.2, 0.25) is 5.75 Å². The van der Waals surface area contributed by atoms with E-state index in [2.05, 4.69) is 6.92 Å². The van der Waals surface area contributed by atoms with Gasteiger partial charge in [-0.25, -0.2) is 9.59 Å². The molecule has 1 aromatic carbocycles. The molecule has 0 aliphatic rings. The highest BCUT2D eigenvalue weighted by molar-refractivity contribution is 5.85.